The van der Waals surface area contributed by atoms with Crippen molar-refractivity contribution >= 4 is 11.3 Å². The first-order chi connectivity index (χ1) is 6.27. The van der Waals surface area contributed by atoms with Crippen LogP contribution in [0.3, 0.4) is 0 Å². The second kappa shape index (κ2) is 3.74. The molecule has 2 rings (SSSR count). The average molecular weight is 197 g/mol. The highest BCUT2D eigenvalue weighted by Gasteiger charge is 2.25. The predicted octanol–water partition coefficient (Wildman–Crippen LogP) is 1.24. The quantitative estimate of drug-likeness (QED) is 0.775. The standard InChI is InChI=1S/C9H15N3S/c1-7(9-11-3-5-13-9)12-4-2-8(10)6-12/h3,5,7-8H,2,4,6,10H2,1H3/t7-,8+/m0/s1. The van der Waals surface area contributed by atoms with Gasteiger partial charge in [-0.2, -0.15) is 0 Å². The summed E-state index contributed by atoms with van der Waals surface area (Å²) in [6.45, 7) is 4.33. The van der Waals surface area contributed by atoms with Crippen molar-refractivity contribution in [2.75, 3.05) is 13.1 Å². The third kappa shape index (κ3) is 1.90. The Morgan fingerprint density at radius 2 is 2.62 bits per heavy atom. The minimum absolute atomic E-state index is 0.363. The normalized spacial score (nSPS) is 26.5. The summed E-state index contributed by atoms with van der Waals surface area (Å²) in [7, 11) is 0. The van der Waals surface area contributed by atoms with Crippen molar-refractivity contribution in [2.45, 2.75) is 25.4 Å². The molecule has 3 nitrogen and oxygen atoms in total. The van der Waals surface area contributed by atoms with Crippen LogP contribution in [0, 0.1) is 0 Å². The van der Waals surface area contributed by atoms with Gasteiger partial charge in [0.25, 0.3) is 0 Å². The van der Waals surface area contributed by atoms with E-state index >= 15 is 0 Å². The molecule has 1 aliphatic heterocycles. The highest BCUT2D eigenvalue weighted by molar-refractivity contribution is 7.09. The lowest BCUT2D eigenvalue weighted by molar-refractivity contribution is 0.259. The number of likely N-dealkylation sites (tertiary alicyclic amines) is 1. The molecule has 0 amide bonds. The number of thiazole rings is 1. The average Bonchev–Trinajstić information content (AvgIpc) is 2.72. The second-order valence-corrected chi connectivity index (χ2v) is 4.52. The number of hydrogen-bond donors (Lipinski definition) is 1. The number of rotatable bonds is 2. The summed E-state index contributed by atoms with van der Waals surface area (Å²) in [5.41, 5.74) is 5.86. The molecule has 72 valence electrons. The molecule has 4 heteroatoms. The fraction of sp³-hybridized carbons (Fsp3) is 0.667. The Hall–Kier alpha value is -0.450. The van der Waals surface area contributed by atoms with Crippen LogP contribution in [-0.2, 0) is 0 Å². The molecule has 0 spiro atoms. The summed E-state index contributed by atoms with van der Waals surface area (Å²) < 4.78 is 0. The highest BCUT2D eigenvalue weighted by Crippen LogP contribution is 2.25. The van der Waals surface area contributed by atoms with Gasteiger partial charge in [-0.25, -0.2) is 4.98 Å². The van der Waals surface area contributed by atoms with Crippen molar-refractivity contribution in [3.05, 3.63) is 16.6 Å². The predicted molar refractivity (Wildman–Crippen MR) is 54.7 cm³/mol. The summed E-state index contributed by atoms with van der Waals surface area (Å²) in [4.78, 5) is 6.73. The largest absolute Gasteiger partial charge is 0.326 e. The maximum atomic E-state index is 5.86. The van der Waals surface area contributed by atoms with Gasteiger partial charge in [-0.15, -0.1) is 11.3 Å². The Morgan fingerprint density at radius 3 is 3.15 bits per heavy atom. The summed E-state index contributed by atoms with van der Waals surface area (Å²) >= 11 is 1.73. The van der Waals surface area contributed by atoms with E-state index in [1.54, 1.807) is 11.3 Å². The molecule has 0 unspecified atom stereocenters. The minimum Gasteiger partial charge on any atom is -0.326 e. The first-order valence-electron chi connectivity index (χ1n) is 4.66. The molecule has 1 aromatic rings. The van der Waals surface area contributed by atoms with Crippen molar-refractivity contribution < 1.29 is 0 Å². The van der Waals surface area contributed by atoms with Crippen molar-refractivity contribution in [3.63, 3.8) is 0 Å². The number of hydrogen-bond acceptors (Lipinski definition) is 4. The Morgan fingerprint density at radius 1 is 1.77 bits per heavy atom. The van der Waals surface area contributed by atoms with Crippen LogP contribution in [0.4, 0.5) is 0 Å². The Kier molecular flexibility index (Phi) is 2.62. The highest BCUT2D eigenvalue weighted by atomic mass is 32.1. The van der Waals surface area contributed by atoms with Gasteiger partial charge in [0, 0.05) is 30.7 Å². The number of nitrogens with zero attached hydrogens (tertiary/aromatic N) is 2. The van der Waals surface area contributed by atoms with E-state index in [2.05, 4.69) is 16.8 Å². The molecule has 1 aromatic heterocycles. The number of nitrogens with two attached hydrogens (primary N) is 1. The Labute approximate surface area is 82.6 Å². The van der Waals surface area contributed by atoms with Crippen molar-refractivity contribution in [1.82, 2.24) is 9.88 Å². The summed E-state index contributed by atoms with van der Waals surface area (Å²) in [6, 6.07) is 0.802. The molecule has 0 aromatic carbocycles. The van der Waals surface area contributed by atoms with Crippen LogP contribution in [0.5, 0.6) is 0 Å². The molecule has 0 saturated carbocycles. The monoisotopic (exact) mass is 197 g/mol. The van der Waals surface area contributed by atoms with Crippen LogP contribution in [0.25, 0.3) is 0 Å². The summed E-state index contributed by atoms with van der Waals surface area (Å²) in [5.74, 6) is 0. The maximum Gasteiger partial charge on any atom is 0.109 e. The molecule has 0 radical (unpaired) electrons. The first kappa shape index (κ1) is 9.12. The van der Waals surface area contributed by atoms with Gasteiger partial charge in [-0.05, 0) is 13.3 Å². The van der Waals surface area contributed by atoms with Gasteiger partial charge in [-0.3, -0.25) is 4.90 Å². The van der Waals surface area contributed by atoms with E-state index in [1.165, 1.54) is 5.01 Å². The fourth-order valence-corrected chi connectivity index (χ4v) is 2.49. The van der Waals surface area contributed by atoms with Crippen LogP contribution < -0.4 is 5.73 Å². The SMILES string of the molecule is C[C@@H](c1nccs1)N1CC[C@@H](N)C1. The second-order valence-electron chi connectivity index (χ2n) is 3.59. The Bertz CT molecular complexity index is 260. The molecule has 13 heavy (non-hydrogen) atoms. The van der Waals surface area contributed by atoms with Crippen molar-refractivity contribution in [1.29, 1.82) is 0 Å². The van der Waals surface area contributed by atoms with Gasteiger partial charge in [0.15, 0.2) is 0 Å². The van der Waals surface area contributed by atoms with Gasteiger partial charge in [0.05, 0.1) is 6.04 Å². The van der Waals surface area contributed by atoms with Crippen LogP contribution in [0.2, 0.25) is 0 Å². The van der Waals surface area contributed by atoms with Gasteiger partial charge in [0.1, 0.15) is 5.01 Å². The molecule has 2 atom stereocenters. The Balaban J connectivity index is 2.02. The molecule has 2 N–H and O–H groups in total. The van der Waals surface area contributed by atoms with Gasteiger partial charge in [-0.1, -0.05) is 0 Å². The van der Waals surface area contributed by atoms with E-state index in [4.69, 9.17) is 5.73 Å². The third-order valence-electron chi connectivity index (χ3n) is 2.61. The molecule has 0 bridgehead atoms. The van der Waals surface area contributed by atoms with E-state index < -0.39 is 0 Å². The topological polar surface area (TPSA) is 42.2 Å². The first-order valence-corrected chi connectivity index (χ1v) is 5.54. The van der Waals surface area contributed by atoms with Gasteiger partial charge in [0.2, 0.25) is 0 Å². The molecule has 0 aliphatic carbocycles. The van der Waals surface area contributed by atoms with Crippen molar-refractivity contribution in [2.24, 2.45) is 5.73 Å². The van der Waals surface area contributed by atoms with Crippen LogP contribution in [-0.4, -0.2) is 29.0 Å². The van der Waals surface area contributed by atoms with Crippen LogP contribution in [0.15, 0.2) is 11.6 Å². The molecule has 1 saturated heterocycles. The lowest BCUT2D eigenvalue weighted by atomic mass is 10.3. The van der Waals surface area contributed by atoms with E-state index in [9.17, 15) is 0 Å². The van der Waals surface area contributed by atoms with E-state index in [0.29, 0.717) is 12.1 Å². The lowest BCUT2D eigenvalue weighted by Crippen LogP contribution is -2.28. The van der Waals surface area contributed by atoms with Crippen LogP contribution in [0.1, 0.15) is 24.4 Å². The molecule has 2 heterocycles. The molecule has 1 fully saturated rings. The van der Waals surface area contributed by atoms with Crippen LogP contribution >= 0.6 is 11.3 Å². The third-order valence-corrected chi connectivity index (χ3v) is 3.56. The number of aromatic nitrogens is 1. The van der Waals surface area contributed by atoms with E-state index in [0.717, 1.165) is 19.5 Å². The zero-order valence-electron chi connectivity index (χ0n) is 7.81. The smallest absolute Gasteiger partial charge is 0.109 e. The summed E-state index contributed by atoms with van der Waals surface area (Å²) in [6.07, 6.45) is 2.99. The molecular weight excluding hydrogens is 182 g/mol. The van der Waals surface area contributed by atoms with E-state index in [-0.39, 0.29) is 0 Å². The molecular formula is C9H15N3S. The molecule has 1 aliphatic rings. The van der Waals surface area contributed by atoms with Gasteiger partial charge < -0.3 is 5.73 Å². The summed E-state index contributed by atoms with van der Waals surface area (Å²) in [5, 5.41) is 3.23. The maximum absolute atomic E-state index is 5.86. The zero-order chi connectivity index (χ0) is 9.26. The fourth-order valence-electron chi connectivity index (χ4n) is 1.76. The minimum atomic E-state index is 0.363. The lowest BCUT2D eigenvalue weighted by Gasteiger charge is -2.21. The zero-order valence-corrected chi connectivity index (χ0v) is 8.63. The van der Waals surface area contributed by atoms with Gasteiger partial charge >= 0.3 is 0 Å². The van der Waals surface area contributed by atoms with E-state index in [1.807, 2.05) is 11.6 Å². The van der Waals surface area contributed by atoms with Crippen molar-refractivity contribution in [3.8, 4) is 0 Å².